The third kappa shape index (κ3) is 3.95. The summed E-state index contributed by atoms with van der Waals surface area (Å²) in [6, 6.07) is 17.4. The van der Waals surface area contributed by atoms with Crippen LogP contribution >= 0.6 is 11.6 Å². The molecule has 0 saturated carbocycles. The molecule has 3 aromatic rings. The number of aromatic nitrogens is 1. The number of hydrogen-bond acceptors (Lipinski definition) is 4. The Balaban J connectivity index is 1.95. The molecule has 0 bridgehead atoms. The Hall–Kier alpha value is -2.76. The van der Waals surface area contributed by atoms with E-state index in [0.29, 0.717) is 24.1 Å². The van der Waals surface area contributed by atoms with Crippen molar-refractivity contribution in [2.45, 2.75) is 33.4 Å². The topological polar surface area (TPSA) is 60.7 Å². The number of hydrogen-bond donors (Lipinski definition) is 1. The molecule has 4 rings (SSSR count). The van der Waals surface area contributed by atoms with Crippen molar-refractivity contribution in [1.29, 1.82) is 0 Å². The Morgan fingerprint density at radius 1 is 1.10 bits per heavy atom. The van der Waals surface area contributed by atoms with Gasteiger partial charge in [0, 0.05) is 22.5 Å². The summed E-state index contributed by atoms with van der Waals surface area (Å²) in [5.41, 5.74) is 4.02. The van der Waals surface area contributed by atoms with Gasteiger partial charge >= 0.3 is 5.97 Å². The van der Waals surface area contributed by atoms with E-state index in [9.17, 15) is 9.90 Å². The fraction of sp³-hybridized carbons (Fsp3) is 0.320. The van der Waals surface area contributed by atoms with Crippen LogP contribution in [0.15, 0.2) is 54.6 Å². The predicted molar refractivity (Wildman–Crippen MR) is 121 cm³/mol. The molecule has 162 valence electrons. The van der Waals surface area contributed by atoms with Crippen molar-refractivity contribution in [2.24, 2.45) is 5.41 Å². The molecule has 1 aliphatic rings. The lowest BCUT2D eigenvalue weighted by molar-refractivity contribution is -0.145. The number of nitrogens with zero attached hydrogens (tertiary/aromatic N) is 1. The summed E-state index contributed by atoms with van der Waals surface area (Å²) < 4.78 is 13.1. The van der Waals surface area contributed by atoms with E-state index in [-0.39, 0.29) is 12.0 Å². The fourth-order valence-electron chi connectivity index (χ4n) is 4.18. The van der Waals surface area contributed by atoms with Gasteiger partial charge in [-0.15, -0.1) is 0 Å². The standard InChI is InChI=1S/C25H26ClNO4/c1-4-30-19(28)14-31-24-21(17-10-12-18(26)13-11-17)20(16-8-6-5-7-9-16)22-23(29)25(2,3)15-27(22)24/h5-13,23,29H,4,14-15H2,1-3H3. The van der Waals surface area contributed by atoms with Crippen LogP contribution in [0.5, 0.6) is 5.88 Å². The molecule has 6 heteroatoms. The molecule has 0 spiro atoms. The van der Waals surface area contributed by atoms with Gasteiger partial charge in [0.05, 0.1) is 17.9 Å². The maximum atomic E-state index is 12.1. The molecule has 0 amide bonds. The Morgan fingerprint density at radius 3 is 2.39 bits per heavy atom. The largest absolute Gasteiger partial charge is 0.466 e. The van der Waals surface area contributed by atoms with E-state index in [1.54, 1.807) is 6.92 Å². The predicted octanol–water partition coefficient (Wildman–Crippen LogP) is 5.49. The summed E-state index contributed by atoms with van der Waals surface area (Å²) in [6.07, 6.45) is -0.686. The molecular weight excluding hydrogens is 414 g/mol. The van der Waals surface area contributed by atoms with Crippen molar-refractivity contribution in [3.05, 3.63) is 65.3 Å². The third-order valence-electron chi connectivity index (χ3n) is 5.65. The van der Waals surface area contributed by atoms with E-state index in [1.807, 2.05) is 73.0 Å². The smallest absolute Gasteiger partial charge is 0.344 e. The van der Waals surface area contributed by atoms with Gasteiger partial charge in [0.2, 0.25) is 5.88 Å². The van der Waals surface area contributed by atoms with E-state index in [2.05, 4.69) is 0 Å². The van der Waals surface area contributed by atoms with Crippen LogP contribution in [0, 0.1) is 5.41 Å². The first kappa shape index (κ1) is 21.5. The van der Waals surface area contributed by atoms with Gasteiger partial charge in [-0.3, -0.25) is 0 Å². The number of fused-ring (bicyclic) bond motifs is 1. The molecule has 0 fully saturated rings. The quantitative estimate of drug-likeness (QED) is 0.516. The van der Waals surface area contributed by atoms with E-state index >= 15 is 0 Å². The second-order valence-electron chi connectivity index (χ2n) is 8.38. The Labute approximate surface area is 187 Å². The molecule has 0 aliphatic carbocycles. The monoisotopic (exact) mass is 439 g/mol. The summed E-state index contributed by atoms with van der Waals surface area (Å²) >= 11 is 6.13. The summed E-state index contributed by atoms with van der Waals surface area (Å²) in [6.45, 7) is 6.46. The van der Waals surface area contributed by atoms with E-state index in [4.69, 9.17) is 21.1 Å². The van der Waals surface area contributed by atoms with Crippen LogP contribution in [0.3, 0.4) is 0 Å². The minimum Gasteiger partial charge on any atom is -0.466 e. The highest BCUT2D eigenvalue weighted by atomic mass is 35.5. The molecule has 31 heavy (non-hydrogen) atoms. The van der Waals surface area contributed by atoms with Crippen molar-refractivity contribution in [3.8, 4) is 28.1 Å². The first-order valence-electron chi connectivity index (χ1n) is 10.4. The van der Waals surface area contributed by atoms with Gasteiger partial charge in [0.25, 0.3) is 0 Å². The Bertz CT molecular complexity index is 1090. The number of esters is 1. The Kier molecular flexibility index (Phi) is 5.82. The number of rotatable bonds is 6. The molecule has 1 atom stereocenters. The molecule has 0 saturated heterocycles. The zero-order valence-electron chi connectivity index (χ0n) is 17.9. The van der Waals surface area contributed by atoms with Crippen LogP contribution in [-0.4, -0.2) is 28.9 Å². The van der Waals surface area contributed by atoms with E-state index in [0.717, 1.165) is 27.9 Å². The van der Waals surface area contributed by atoms with Crippen molar-refractivity contribution in [1.82, 2.24) is 4.57 Å². The summed E-state index contributed by atoms with van der Waals surface area (Å²) in [5, 5.41) is 11.9. The first-order valence-corrected chi connectivity index (χ1v) is 10.8. The van der Waals surface area contributed by atoms with Gasteiger partial charge in [0.1, 0.15) is 6.10 Å². The maximum absolute atomic E-state index is 12.1. The van der Waals surface area contributed by atoms with Crippen molar-refractivity contribution in [2.75, 3.05) is 13.2 Å². The minimum absolute atomic E-state index is 0.206. The van der Waals surface area contributed by atoms with Gasteiger partial charge < -0.3 is 19.1 Å². The summed E-state index contributed by atoms with van der Waals surface area (Å²) in [4.78, 5) is 12.1. The first-order chi connectivity index (χ1) is 14.8. The molecule has 5 nitrogen and oxygen atoms in total. The highest BCUT2D eigenvalue weighted by Crippen LogP contribution is 2.54. The number of ether oxygens (including phenoxy) is 2. The number of carbonyl (C=O) groups is 1. The number of carbonyl (C=O) groups excluding carboxylic acids is 1. The van der Waals surface area contributed by atoms with Crippen LogP contribution in [0.2, 0.25) is 5.02 Å². The molecule has 1 aromatic heterocycles. The van der Waals surface area contributed by atoms with E-state index < -0.39 is 12.1 Å². The van der Waals surface area contributed by atoms with Crippen LogP contribution in [-0.2, 0) is 16.1 Å². The Morgan fingerprint density at radius 2 is 1.74 bits per heavy atom. The van der Waals surface area contributed by atoms with Crippen LogP contribution < -0.4 is 4.74 Å². The molecule has 2 heterocycles. The van der Waals surface area contributed by atoms with Crippen molar-refractivity contribution in [3.63, 3.8) is 0 Å². The average Bonchev–Trinajstić information content (AvgIpc) is 3.18. The highest BCUT2D eigenvalue weighted by molar-refractivity contribution is 6.30. The fourth-order valence-corrected chi connectivity index (χ4v) is 4.31. The summed E-state index contributed by atoms with van der Waals surface area (Å²) in [5.74, 6) is 0.119. The number of aliphatic hydroxyl groups excluding tert-OH is 1. The highest BCUT2D eigenvalue weighted by Gasteiger charge is 2.44. The van der Waals surface area contributed by atoms with E-state index in [1.165, 1.54) is 0 Å². The van der Waals surface area contributed by atoms with Gasteiger partial charge in [-0.1, -0.05) is 67.9 Å². The second kappa shape index (κ2) is 8.40. The normalized spacial score (nSPS) is 16.7. The second-order valence-corrected chi connectivity index (χ2v) is 8.82. The number of benzene rings is 2. The van der Waals surface area contributed by atoms with Gasteiger partial charge in [-0.2, -0.15) is 0 Å². The minimum atomic E-state index is -0.686. The molecule has 1 aliphatic heterocycles. The lowest BCUT2D eigenvalue weighted by atomic mass is 9.84. The lowest BCUT2D eigenvalue weighted by Gasteiger charge is -2.23. The van der Waals surface area contributed by atoms with Crippen molar-refractivity contribution >= 4 is 17.6 Å². The SMILES string of the molecule is CCOC(=O)COc1c(-c2ccc(Cl)cc2)c(-c2ccccc2)c2n1CC(C)(C)C2O. The van der Waals surface area contributed by atoms with Crippen LogP contribution in [0.4, 0.5) is 0 Å². The molecule has 1 unspecified atom stereocenters. The number of aliphatic hydroxyl groups is 1. The maximum Gasteiger partial charge on any atom is 0.344 e. The zero-order valence-corrected chi connectivity index (χ0v) is 18.6. The molecule has 1 N–H and O–H groups in total. The average molecular weight is 440 g/mol. The van der Waals surface area contributed by atoms with Gasteiger partial charge in [-0.25, -0.2) is 4.79 Å². The summed E-state index contributed by atoms with van der Waals surface area (Å²) in [7, 11) is 0. The zero-order chi connectivity index (χ0) is 22.2. The van der Waals surface area contributed by atoms with Crippen molar-refractivity contribution < 1.29 is 19.4 Å². The lowest BCUT2D eigenvalue weighted by Crippen LogP contribution is -2.20. The van der Waals surface area contributed by atoms with Crippen LogP contribution in [0.25, 0.3) is 22.3 Å². The molecule has 2 aromatic carbocycles. The number of halogens is 1. The molecular formula is C25H26ClNO4. The third-order valence-corrected chi connectivity index (χ3v) is 5.90. The van der Waals surface area contributed by atoms with Crippen LogP contribution in [0.1, 0.15) is 32.6 Å². The van der Waals surface area contributed by atoms with Gasteiger partial charge in [0.15, 0.2) is 6.61 Å². The molecule has 0 radical (unpaired) electrons. The van der Waals surface area contributed by atoms with Gasteiger partial charge in [-0.05, 0) is 30.2 Å².